The van der Waals surface area contributed by atoms with Crippen LogP contribution in [0.1, 0.15) is 10.4 Å². The highest BCUT2D eigenvalue weighted by Gasteiger charge is 2.27. The first kappa shape index (κ1) is 16.2. The van der Waals surface area contributed by atoms with Crippen molar-refractivity contribution < 1.29 is 17.6 Å². The number of nitrogens with zero attached hydrogens (tertiary/aromatic N) is 2. The zero-order valence-corrected chi connectivity index (χ0v) is 13.7. The lowest BCUT2D eigenvalue weighted by atomic mass is 10.1. The minimum atomic E-state index is -3.24. The lowest BCUT2D eigenvalue weighted by Gasteiger charge is -2.33. The molecule has 21 heavy (non-hydrogen) atoms. The van der Waals surface area contributed by atoms with E-state index in [4.69, 9.17) is 5.73 Å². The second-order valence-corrected chi connectivity index (χ2v) is 7.64. The van der Waals surface area contributed by atoms with Gasteiger partial charge in [-0.1, -0.05) is 0 Å². The van der Waals surface area contributed by atoms with Crippen molar-refractivity contribution in [2.45, 2.75) is 0 Å². The average molecular weight is 380 g/mol. The van der Waals surface area contributed by atoms with Gasteiger partial charge in [0, 0.05) is 30.7 Å². The van der Waals surface area contributed by atoms with E-state index in [-0.39, 0.29) is 43.3 Å². The van der Waals surface area contributed by atoms with Crippen molar-refractivity contribution in [1.82, 2.24) is 9.21 Å². The molecule has 0 aromatic heterocycles. The minimum absolute atomic E-state index is 0.101. The molecule has 0 saturated carbocycles. The summed E-state index contributed by atoms with van der Waals surface area (Å²) in [4.78, 5) is 13.9. The standard InChI is InChI=1S/C12H15BrFN3O3S/c1-21(19,20)17-4-2-16(3-5-17)12(18)8-6-11(15)10(14)7-9(8)13/h6-7H,2-5,15H2,1H3. The molecule has 1 heterocycles. The van der Waals surface area contributed by atoms with Gasteiger partial charge in [-0.15, -0.1) is 0 Å². The molecule has 0 spiro atoms. The smallest absolute Gasteiger partial charge is 0.255 e. The van der Waals surface area contributed by atoms with Gasteiger partial charge in [0.25, 0.3) is 5.91 Å². The molecule has 9 heteroatoms. The number of nitrogens with two attached hydrogens (primary N) is 1. The second-order valence-electron chi connectivity index (χ2n) is 4.81. The van der Waals surface area contributed by atoms with Crippen LogP contribution in [-0.2, 0) is 10.0 Å². The van der Waals surface area contributed by atoms with Crippen molar-refractivity contribution in [3.8, 4) is 0 Å². The number of halogens is 2. The van der Waals surface area contributed by atoms with Crippen LogP contribution in [-0.4, -0.2) is 56.0 Å². The molecular formula is C12H15BrFN3O3S. The zero-order chi connectivity index (χ0) is 15.8. The molecule has 0 aliphatic carbocycles. The molecule has 2 N–H and O–H groups in total. The number of benzene rings is 1. The number of nitrogen functional groups attached to an aromatic ring is 1. The number of hydrogen-bond donors (Lipinski definition) is 1. The molecule has 0 unspecified atom stereocenters. The molecule has 1 aromatic carbocycles. The molecule has 1 aliphatic rings. The number of hydrogen-bond acceptors (Lipinski definition) is 4. The Morgan fingerprint density at radius 2 is 1.86 bits per heavy atom. The van der Waals surface area contributed by atoms with Crippen LogP contribution in [0, 0.1) is 5.82 Å². The van der Waals surface area contributed by atoms with Crippen LogP contribution in [0.4, 0.5) is 10.1 Å². The summed E-state index contributed by atoms with van der Waals surface area (Å²) in [7, 11) is -3.24. The maximum atomic E-state index is 13.3. The largest absolute Gasteiger partial charge is 0.396 e. The number of amides is 1. The van der Waals surface area contributed by atoms with Crippen molar-refractivity contribution in [2.24, 2.45) is 0 Å². The highest BCUT2D eigenvalue weighted by atomic mass is 79.9. The Morgan fingerprint density at radius 3 is 2.38 bits per heavy atom. The molecule has 0 radical (unpaired) electrons. The first-order valence-electron chi connectivity index (χ1n) is 6.19. The van der Waals surface area contributed by atoms with Gasteiger partial charge in [-0.3, -0.25) is 4.79 Å². The summed E-state index contributed by atoms with van der Waals surface area (Å²) in [6.45, 7) is 1.07. The van der Waals surface area contributed by atoms with Crippen LogP contribution in [0.25, 0.3) is 0 Å². The summed E-state index contributed by atoms with van der Waals surface area (Å²) in [5.41, 5.74) is 5.65. The summed E-state index contributed by atoms with van der Waals surface area (Å²) >= 11 is 3.14. The summed E-state index contributed by atoms with van der Waals surface area (Å²) in [6.07, 6.45) is 1.14. The third-order valence-corrected chi connectivity index (χ3v) is 5.27. The van der Waals surface area contributed by atoms with E-state index in [1.807, 2.05) is 0 Å². The van der Waals surface area contributed by atoms with Crippen LogP contribution in [0.5, 0.6) is 0 Å². The molecule has 0 bridgehead atoms. The SMILES string of the molecule is CS(=O)(=O)N1CCN(C(=O)c2cc(N)c(F)cc2Br)CC1. The first-order valence-corrected chi connectivity index (χ1v) is 8.83. The van der Waals surface area contributed by atoms with Crippen molar-refractivity contribution >= 4 is 37.5 Å². The fourth-order valence-corrected chi connectivity index (χ4v) is 3.43. The number of carbonyl (C=O) groups is 1. The third-order valence-electron chi connectivity index (χ3n) is 3.31. The van der Waals surface area contributed by atoms with Gasteiger partial charge in [0.05, 0.1) is 17.5 Å². The normalized spacial score (nSPS) is 17.0. The Bertz CT molecular complexity index is 673. The molecule has 1 aromatic rings. The number of piperazine rings is 1. The topological polar surface area (TPSA) is 83.7 Å². The second kappa shape index (κ2) is 5.90. The number of sulfonamides is 1. The molecule has 1 aliphatic heterocycles. The molecule has 0 atom stereocenters. The van der Waals surface area contributed by atoms with Crippen LogP contribution in [0.15, 0.2) is 16.6 Å². The van der Waals surface area contributed by atoms with E-state index in [2.05, 4.69) is 15.9 Å². The third kappa shape index (κ3) is 3.53. The number of rotatable bonds is 2. The summed E-state index contributed by atoms with van der Waals surface area (Å²) in [5.74, 6) is -0.901. The molecule has 6 nitrogen and oxygen atoms in total. The predicted molar refractivity (Wildman–Crippen MR) is 80.8 cm³/mol. The van der Waals surface area contributed by atoms with Crippen LogP contribution in [0.2, 0.25) is 0 Å². The Kier molecular flexibility index (Phi) is 4.54. The van der Waals surface area contributed by atoms with Gasteiger partial charge in [-0.25, -0.2) is 12.8 Å². The van der Waals surface area contributed by atoms with Gasteiger partial charge < -0.3 is 10.6 Å². The van der Waals surface area contributed by atoms with E-state index in [1.165, 1.54) is 15.3 Å². The quantitative estimate of drug-likeness (QED) is 0.773. The summed E-state index contributed by atoms with van der Waals surface area (Å²) < 4.78 is 37.8. The minimum Gasteiger partial charge on any atom is -0.396 e. The van der Waals surface area contributed by atoms with E-state index in [0.717, 1.165) is 12.3 Å². The summed E-state index contributed by atoms with van der Waals surface area (Å²) in [5, 5.41) is 0. The van der Waals surface area contributed by atoms with Crippen LogP contribution >= 0.6 is 15.9 Å². The van der Waals surface area contributed by atoms with Crippen molar-refractivity contribution in [2.75, 3.05) is 38.2 Å². The zero-order valence-electron chi connectivity index (χ0n) is 11.3. The molecule has 116 valence electrons. The van der Waals surface area contributed by atoms with Gasteiger partial charge in [0.15, 0.2) is 0 Å². The van der Waals surface area contributed by atoms with Crippen molar-refractivity contribution in [3.63, 3.8) is 0 Å². The molecule has 1 amide bonds. The molecule has 2 rings (SSSR count). The van der Waals surface area contributed by atoms with Crippen LogP contribution in [0.3, 0.4) is 0 Å². The van der Waals surface area contributed by atoms with E-state index in [9.17, 15) is 17.6 Å². The Hall–Kier alpha value is -1.19. The van der Waals surface area contributed by atoms with Gasteiger partial charge in [0.1, 0.15) is 5.82 Å². The lowest BCUT2D eigenvalue weighted by molar-refractivity contribution is 0.0697. The van der Waals surface area contributed by atoms with E-state index in [0.29, 0.717) is 4.47 Å². The Labute approximate surface area is 130 Å². The van der Waals surface area contributed by atoms with Crippen molar-refractivity contribution in [1.29, 1.82) is 0 Å². The molecular weight excluding hydrogens is 365 g/mol. The van der Waals surface area contributed by atoms with E-state index < -0.39 is 15.8 Å². The monoisotopic (exact) mass is 379 g/mol. The maximum Gasteiger partial charge on any atom is 0.255 e. The van der Waals surface area contributed by atoms with Gasteiger partial charge in [-0.05, 0) is 28.1 Å². The van der Waals surface area contributed by atoms with E-state index in [1.54, 1.807) is 0 Å². The van der Waals surface area contributed by atoms with Gasteiger partial charge in [-0.2, -0.15) is 4.31 Å². The van der Waals surface area contributed by atoms with Gasteiger partial charge >= 0.3 is 0 Å². The Morgan fingerprint density at radius 1 is 1.29 bits per heavy atom. The average Bonchev–Trinajstić information content (AvgIpc) is 2.41. The molecule has 1 saturated heterocycles. The fraction of sp³-hybridized carbons (Fsp3) is 0.417. The van der Waals surface area contributed by atoms with Crippen molar-refractivity contribution in [3.05, 3.63) is 28.0 Å². The predicted octanol–water partition coefficient (Wildman–Crippen LogP) is 0.888. The molecule has 1 fully saturated rings. The maximum absolute atomic E-state index is 13.3. The lowest BCUT2D eigenvalue weighted by Crippen LogP contribution is -2.50. The van der Waals surface area contributed by atoms with E-state index >= 15 is 0 Å². The highest BCUT2D eigenvalue weighted by molar-refractivity contribution is 9.10. The van der Waals surface area contributed by atoms with Gasteiger partial charge in [0.2, 0.25) is 10.0 Å². The highest BCUT2D eigenvalue weighted by Crippen LogP contribution is 2.24. The van der Waals surface area contributed by atoms with Crippen LogP contribution < -0.4 is 5.73 Å². The fourth-order valence-electron chi connectivity index (χ4n) is 2.12. The summed E-state index contributed by atoms with van der Waals surface area (Å²) in [6, 6.07) is 2.43. The number of anilines is 1. The Balaban J connectivity index is 2.14. The first-order chi connectivity index (χ1) is 9.70. The number of carbonyl (C=O) groups excluding carboxylic acids is 1.